The molecule has 1 atom stereocenters. The predicted molar refractivity (Wildman–Crippen MR) is 93.7 cm³/mol. The monoisotopic (exact) mass is 318 g/mol. The van der Waals surface area contributed by atoms with E-state index in [-0.39, 0.29) is 11.9 Å². The Hall–Kier alpha value is -1.39. The summed E-state index contributed by atoms with van der Waals surface area (Å²) in [4.78, 5) is 14.5. The molecular formula is C19H30N2O2. The van der Waals surface area contributed by atoms with Crippen LogP contribution in [0.25, 0.3) is 0 Å². The Morgan fingerprint density at radius 1 is 1.17 bits per heavy atom. The Bertz CT molecular complexity index is 479. The zero-order chi connectivity index (χ0) is 16.7. The van der Waals surface area contributed by atoms with Gasteiger partial charge in [0, 0.05) is 32.7 Å². The molecule has 1 aromatic carbocycles. The molecule has 4 nitrogen and oxygen atoms in total. The Balaban J connectivity index is 1.77. The maximum atomic E-state index is 12.2. The number of hydrogen-bond donors (Lipinski definition) is 1. The van der Waals surface area contributed by atoms with E-state index in [1.54, 1.807) is 0 Å². The molecule has 0 radical (unpaired) electrons. The molecule has 1 unspecified atom stereocenters. The highest BCUT2D eigenvalue weighted by Gasteiger charge is 2.17. The fraction of sp³-hybridized carbons (Fsp3) is 0.632. The number of ether oxygens (including phenoxy) is 1. The quantitative estimate of drug-likeness (QED) is 0.784. The number of nitrogens with zero attached hydrogens (tertiary/aromatic N) is 1. The third-order valence-corrected chi connectivity index (χ3v) is 4.34. The maximum Gasteiger partial charge on any atom is 0.313 e. The van der Waals surface area contributed by atoms with Crippen LogP contribution in [0.3, 0.4) is 0 Å². The van der Waals surface area contributed by atoms with Gasteiger partial charge in [-0.15, -0.1) is 0 Å². The molecule has 4 heteroatoms. The first-order valence-corrected chi connectivity index (χ1v) is 8.75. The van der Waals surface area contributed by atoms with E-state index in [0.29, 0.717) is 12.5 Å². The van der Waals surface area contributed by atoms with Gasteiger partial charge in [-0.3, -0.25) is 9.69 Å². The first kappa shape index (κ1) is 18.0. The Morgan fingerprint density at radius 3 is 2.43 bits per heavy atom. The maximum absolute atomic E-state index is 12.2. The van der Waals surface area contributed by atoms with Gasteiger partial charge in [-0.2, -0.15) is 0 Å². The van der Waals surface area contributed by atoms with Gasteiger partial charge >= 0.3 is 5.97 Å². The van der Waals surface area contributed by atoms with Gasteiger partial charge in [0.05, 0.1) is 5.92 Å². The van der Waals surface area contributed by atoms with Crippen molar-refractivity contribution < 1.29 is 9.53 Å². The molecule has 0 aliphatic carbocycles. The average Bonchev–Trinajstić information content (AvgIpc) is 2.55. The van der Waals surface area contributed by atoms with E-state index >= 15 is 0 Å². The Morgan fingerprint density at radius 2 is 1.83 bits per heavy atom. The van der Waals surface area contributed by atoms with Crippen LogP contribution in [0.15, 0.2) is 24.3 Å². The molecular weight excluding hydrogens is 288 g/mol. The van der Waals surface area contributed by atoms with Gasteiger partial charge in [-0.25, -0.2) is 0 Å². The van der Waals surface area contributed by atoms with Gasteiger partial charge in [0.2, 0.25) is 0 Å². The van der Waals surface area contributed by atoms with Gasteiger partial charge in [0.25, 0.3) is 0 Å². The average molecular weight is 318 g/mol. The summed E-state index contributed by atoms with van der Waals surface area (Å²) in [6.07, 6.45) is 1.07. The number of benzene rings is 1. The third kappa shape index (κ3) is 5.96. The molecule has 1 heterocycles. The van der Waals surface area contributed by atoms with E-state index < -0.39 is 0 Å². The van der Waals surface area contributed by atoms with E-state index in [1.807, 2.05) is 6.92 Å². The zero-order valence-corrected chi connectivity index (χ0v) is 14.7. The second-order valence-electron chi connectivity index (χ2n) is 6.82. The van der Waals surface area contributed by atoms with Crippen LogP contribution in [0, 0.1) is 5.92 Å². The molecule has 1 aliphatic rings. The minimum Gasteiger partial charge on any atom is -0.464 e. The molecule has 1 aliphatic heterocycles. The molecule has 2 rings (SSSR count). The van der Waals surface area contributed by atoms with Crippen LogP contribution >= 0.6 is 0 Å². The van der Waals surface area contributed by atoms with Crippen molar-refractivity contribution in [1.29, 1.82) is 0 Å². The standard InChI is InChI=1S/C19H30N2O2/c1-15(2)14-17-4-6-18(7-5-17)16(3)19(22)23-13-12-21-10-8-20-9-11-21/h4-7,15-16,20H,8-14H2,1-3H3. The lowest BCUT2D eigenvalue weighted by molar-refractivity contribution is -0.145. The minimum atomic E-state index is -0.203. The van der Waals surface area contributed by atoms with E-state index in [4.69, 9.17) is 4.74 Å². The van der Waals surface area contributed by atoms with Gasteiger partial charge in [0.1, 0.15) is 6.61 Å². The molecule has 1 N–H and O–H groups in total. The second kappa shape index (κ2) is 9.04. The molecule has 0 saturated carbocycles. The van der Waals surface area contributed by atoms with Crippen molar-refractivity contribution in [3.05, 3.63) is 35.4 Å². The van der Waals surface area contributed by atoms with Crippen molar-refractivity contribution in [3.63, 3.8) is 0 Å². The summed E-state index contributed by atoms with van der Waals surface area (Å²) in [6.45, 7) is 11.8. The van der Waals surface area contributed by atoms with E-state index in [1.165, 1.54) is 5.56 Å². The molecule has 1 fully saturated rings. The summed E-state index contributed by atoms with van der Waals surface area (Å²) in [5.74, 6) is 0.316. The largest absolute Gasteiger partial charge is 0.464 e. The second-order valence-corrected chi connectivity index (χ2v) is 6.82. The van der Waals surface area contributed by atoms with Crippen molar-refractivity contribution in [2.45, 2.75) is 33.1 Å². The van der Waals surface area contributed by atoms with Crippen molar-refractivity contribution in [3.8, 4) is 0 Å². The number of rotatable bonds is 7. The van der Waals surface area contributed by atoms with E-state index in [9.17, 15) is 4.79 Å². The molecule has 1 saturated heterocycles. The van der Waals surface area contributed by atoms with Gasteiger partial charge in [0.15, 0.2) is 0 Å². The molecule has 0 amide bonds. The number of piperazine rings is 1. The fourth-order valence-electron chi connectivity index (χ4n) is 2.88. The first-order chi connectivity index (χ1) is 11.1. The summed E-state index contributed by atoms with van der Waals surface area (Å²) in [5.41, 5.74) is 2.35. The molecule has 1 aromatic rings. The lowest BCUT2D eigenvalue weighted by Crippen LogP contribution is -2.44. The van der Waals surface area contributed by atoms with Crippen LogP contribution in [-0.2, 0) is 16.0 Å². The van der Waals surface area contributed by atoms with Crippen LogP contribution in [0.4, 0.5) is 0 Å². The van der Waals surface area contributed by atoms with Crippen molar-refractivity contribution >= 4 is 5.97 Å². The van der Waals surface area contributed by atoms with Crippen molar-refractivity contribution in [1.82, 2.24) is 10.2 Å². The van der Waals surface area contributed by atoms with Crippen molar-refractivity contribution in [2.75, 3.05) is 39.3 Å². The van der Waals surface area contributed by atoms with E-state index in [2.05, 4.69) is 48.3 Å². The Labute approximate surface area is 140 Å². The normalized spacial score (nSPS) is 17.2. The number of hydrogen-bond acceptors (Lipinski definition) is 4. The number of nitrogens with one attached hydrogen (secondary N) is 1. The summed E-state index contributed by atoms with van der Waals surface area (Å²) in [5, 5.41) is 3.32. The molecule has 0 bridgehead atoms. The fourth-order valence-corrected chi connectivity index (χ4v) is 2.88. The summed E-state index contributed by atoms with van der Waals surface area (Å²) in [6, 6.07) is 8.36. The zero-order valence-electron chi connectivity index (χ0n) is 14.7. The minimum absolute atomic E-state index is 0.128. The van der Waals surface area contributed by atoms with Gasteiger partial charge in [-0.05, 0) is 30.4 Å². The molecule has 23 heavy (non-hydrogen) atoms. The number of esters is 1. The predicted octanol–water partition coefficient (Wildman–Crippen LogP) is 2.44. The lowest BCUT2D eigenvalue weighted by Gasteiger charge is -2.26. The highest BCUT2D eigenvalue weighted by Crippen LogP contribution is 2.18. The highest BCUT2D eigenvalue weighted by atomic mass is 16.5. The summed E-state index contributed by atoms with van der Waals surface area (Å²) in [7, 11) is 0. The summed E-state index contributed by atoms with van der Waals surface area (Å²) < 4.78 is 5.45. The number of carbonyl (C=O) groups excluding carboxylic acids is 1. The van der Waals surface area contributed by atoms with Gasteiger partial charge in [-0.1, -0.05) is 38.1 Å². The SMILES string of the molecule is CC(C)Cc1ccc(C(C)C(=O)OCCN2CCNCC2)cc1. The first-order valence-electron chi connectivity index (χ1n) is 8.75. The molecule has 0 spiro atoms. The molecule has 128 valence electrons. The smallest absolute Gasteiger partial charge is 0.313 e. The van der Waals surface area contributed by atoms with Crippen LogP contribution in [0.1, 0.15) is 37.8 Å². The highest BCUT2D eigenvalue weighted by molar-refractivity contribution is 5.77. The van der Waals surface area contributed by atoms with E-state index in [0.717, 1.165) is 44.7 Å². The van der Waals surface area contributed by atoms with Crippen LogP contribution in [0.2, 0.25) is 0 Å². The Kier molecular flexibility index (Phi) is 7.06. The lowest BCUT2D eigenvalue weighted by atomic mass is 9.97. The topological polar surface area (TPSA) is 41.6 Å². The third-order valence-electron chi connectivity index (χ3n) is 4.34. The number of carbonyl (C=O) groups is 1. The van der Waals surface area contributed by atoms with Crippen LogP contribution in [0.5, 0.6) is 0 Å². The van der Waals surface area contributed by atoms with Crippen molar-refractivity contribution in [2.24, 2.45) is 5.92 Å². The van der Waals surface area contributed by atoms with Crippen LogP contribution in [-0.4, -0.2) is 50.2 Å². The molecule has 0 aromatic heterocycles. The summed E-state index contributed by atoms with van der Waals surface area (Å²) >= 11 is 0. The van der Waals surface area contributed by atoms with Gasteiger partial charge < -0.3 is 10.1 Å². The van der Waals surface area contributed by atoms with Crippen LogP contribution < -0.4 is 5.32 Å².